The van der Waals surface area contributed by atoms with Crippen LogP contribution in [0.1, 0.15) is 15.9 Å². The molecule has 2 rings (SSSR count). The molecule has 0 atom stereocenters. The summed E-state index contributed by atoms with van der Waals surface area (Å²) < 4.78 is 42.8. The minimum atomic E-state index is -4.62. The van der Waals surface area contributed by atoms with Gasteiger partial charge >= 0.3 is 6.18 Å². The highest BCUT2D eigenvalue weighted by atomic mass is 35.5. The molecule has 0 saturated carbocycles. The van der Waals surface area contributed by atoms with Crippen molar-refractivity contribution in [2.45, 2.75) is 6.18 Å². The van der Waals surface area contributed by atoms with Crippen molar-refractivity contribution in [3.8, 4) is 0 Å². The van der Waals surface area contributed by atoms with Crippen LogP contribution in [0.3, 0.4) is 0 Å². The predicted molar refractivity (Wildman–Crippen MR) is 60.9 cm³/mol. The summed E-state index contributed by atoms with van der Waals surface area (Å²) in [6, 6.07) is 3.07. The van der Waals surface area contributed by atoms with Crippen LogP contribution in [0, 0.1) is 0 Å². The van der Waals surface area contributed by atoms with E-state index in [1.165, 1.54) is 6.07 Å². The molecule has 0 aliphatic rings. The van der Waals surface area contributed by atoms with Crippen LogP contribution in [0.25, 0.3) is 0 Å². The fraction of sp³-hybridized carbons (Fsp3) is 0.0909. The van der Waals surface area contributed by atoms with E-state index < -0.39 is 17.6 Å². The molecule has 0 unspecified atom stereocenters. The van der Waals surface area contributed by atoms with Crippen molar-refractivity contribution in [3.05, 3.63) is 46.8 Å². The maximum Gasteiger partial charge on any atom is 0.418 e. The minimum Gasteiger partial charge on any atom is -0.364 e. The van der Waals surface area contributed by atoms with E-state index in [-0.39, 0.29) is 16.3 Å². The average molecular weight is 291 g/mol. The molecule has 100 valence electrons. The maximum absolute atomic E-state index is 12.8. The Balaban J connectivity index is 2.33. The molecule has 1 aromatic carbocycles. The number of halogens is 4. The number of hydrogen-bond acceptors (Lipinski definition) is 3. The number of carbonyl (C=O) groups is 1. The first kappa shape index (κ1) is 13.4. The smallest absolute Gasteiger partial charge is 0.364 e. The van der Waals surface area contributed by atoms with Gasteiger partial charge in [0.25, 0.3) is 5.91 Å². The molecule has 1 heterocycles. The third-order valence-electron chi connectivity index (χ3n) is 2.23. The third-order valence-corrected chi connectivity index (χ3v) is 2.46. The van der Waals surface area contributed by atoms with Gasteiger partial charge in [0.05, 0.1) is 23.0 Å². The van der Waals surface area contributed by atoms with E-state index in [0.717, 1.165) is 24.6 Å². The van der Waals surface area contributed by atoms with E-state index in [4.69, 9.17) is 11.6 Å². The standard InChI is InChI=1S/C11H6ClF3N2O2/c12-7-1-2-9(8(3-7)11(13,14)15)17-10(18)6-4-16-19-5-6/h1-5H,(H,17,18). The van der Waals surface area contributed by atoms with Gasteiger partial charge in [-0.3, -0.25) is 4.79 Å². The molecule has 1 N–H and O–H groups in total. The highest BCUT2D eigenvalue weighted by Crippen LogP contribution is 2.36. The fourth-order valence-corrected chi connectivity index (χ4v) is 1.54. The van der Waals surface area contributed by atoms with Gasteiger partial charge in [0.1, 0.15) is 6.26 Å². The van der Waals surface area contributed by atoms with E-state index >= 15 is 0 Å². The lowest BCUT2D eigenvalue weighted by Gasteiger charge is -2.13. The summed E-state index contributed by atoms with van der Waals surface area (Å²) in [7, 11) is 0. The maximum atomic E-state index is 12.8. The molecule has 0 spiro atoms. The Bertz CT molecular complexity index is 596. The zero-order chi connectivity index (χ0) is 14.0. The number of alkyl halides is 3. The molecule has 2 aromatic rings. The van der Waals surface area contributed by atoms with E-state index in [2.05, 4.69) is 15.0 Å². The first-order chi connectivity index (χ1) is 8.88. The number of aromatic nitrogens is 1. The summed E-state index contributed by atoms with van der Waals surface area (Å²) in [4.78, 5) is 11.6. The Morgan fingerprint density at radius 3 is 2.68 bits per heavy atom. The molecule has 19 heavy (non-hydrogen) atoms. The molecule has 4 nitrogen and oxygen atoms in total. The second-order valence-corrected chi connectivity index (χ2v) is 3.99. The molecule has 0 fully saturated rings. The van der Waals surface area contributed by atoms with Gasteiger partial charge in [-0.05, 0) is 18.2 Å². The van der Waals surface area contributed by atoms with Crippen molar-refractivity contribution in [3.63, 3.8) is 0 Å². The summed E-state index contributed by atoms with van der Waals surface area (Å²) in [5, 5.41) is 5.35. The lowest BCUT2D eigenvalue weighted by atomic mass is 10.1. The van der Waals surface area contributed by atoms with Gasteiger partial charge in [-0.15, -0.1) is 0 Å². The summed E-state index contributed by atoms with van der Waals surface area (Å²) in [6.45, 7) is 0. The van der Waals surface area contributed by atoms with E-state index in [0.29, 0.717) is 0 Å². The number of benzene rings is 1. The average Bonchev–Trinajstić information content (AvgIpc) is 2.83. The van der Waals surface area contributed by atoms with Crippen LogP contribution in [0.4, 0.5) is 18.9 Å². The van der Waals surface area contributed by atoms with Crippen molar-refractivity contribution >= 4 is 23.2 Å². The van der Waals surface area contributed by atoms with Crippen LogP contribution in [0.5, 0.6) is 0 Å². The summed E-state index contributed by atoms with van der Waals surface area (Å²) in [5.41, 5.74) is -1.39. The van der Waals surface area contributed by atoms with E-state index in [1.807, 2.05) is 0 Å². The molecule has 1 amide bonds. The number of nitrogens with one attached hydrogen (secondary N) is 1. The molecule has 0 bridgehead atoms. The normalized spacial score (nSPS) is 11.4. The minimum absolute atomic E-state index is 0.0167. The van der Waals surface area contributed by atoms with Crippen LogP contribution in [-0.2, 0) is 6.18 Å². The van der Waals surface area contributed by atoms with Gasteiger partial charge in [0, 0.05) is 5.02 Å². The lowest BCUT2D eigenvalue weighted by molar-refractivity contribution is -0.136. The number of amides is 1. The molecule has 1 aromatic heterocycles. The van der Waals surface area contributed by atoms with Crippen LogP contribution in [0.15, 0.2) is 35.2 Å². The molecular weight excluding hydrogens is 285 g/mol. The second kappa shape index (κ2) is 4.93. The Kier molecular flexibility index (Phi) is 3.48. The van der Waals surface area contributed by atoms with Crippen molar-refractivity contribution in [2.75, 3.05) is 5.32 Å². The Morgan fingerprint density at radius 2 is 2.11 bits per heavy atom. The second-order valence-electron chi connectivity index (χ2n) is 3.55. The highest BCUT2D eigenvalue weighted by Gasteiger charge is 2.34. The number of carbonyl (C=O) groups excluding carboxylic acids is 1. The quantitative estimate of drug-likeness (QED) is 0.919. The zero-order valence-corrected chi connectivity index (χ0v) is 9.92. The van der Waals surface area contributed by atoms with Crippen LogP contribution >= 0.6 is 11.6 Å². The zero-order valence-electron chi connectivity index (χ0n) is 9.16. The predicted octanol–water partition coefficient (Wildman–Crippen LogP) is 3.60. The van der Waals surface area contributed by atoms with E-state index in [9.17, 15) is 18.0 Å². The lowest BCUT2D eigenvalue weighted by Crippen LogP contribution is -2.16. The fourth-order valence-electron chi connectivity index (χ4n) is 1.37. The van der Waals surface area contributed by atoms with Crippen LogP contribution < -0.4 is 5.32 Å². The van der Waals surface area contributed by atoms with Crippen molar-refractivity contribution in [1.29, 1.82) is 0 Å². The molecule has 8 heteroatoms. The molecular formula is C11H6ClF3N2O2. The Morgan fingerprint density at radius 1 is 1.37 bits per heavy atom. The molecule has 0 aliphatic heterocycles. The van der Waals surface area contributed by atoms with Gasteiger partial charge in [-0.2, -0.15) is 13.2 Å². The largest absolute Gasteiger partial charge is 0.418 e. The van der Waals surface area contributed by atoms with Crippen molar-refractivity contribution in [2.24, 2.45) is 0 Å². The third kappa shape index (κ3) is 3.05. The van der Waals surface area contributed by atoms with Crippen LogP contribution in [0.2, 0.25) is 5.02 Å². The molecule has 0 aliphatic carbocycles. The number of hydrogen-bond donors (Lipinski definition) is 1. The Labute approximate surface area is 110 Å². The topological polar surface area (TPSA) is 55.1 Å². The van der Waals surface area contributed by atoms with Gasteiger partial charge < -0.3 is 9.84 Å². The highest BCUT2D eigenvalue weighted by molar-refractivity contribution is 6.30. The van der Waals surface area contributed by atoms with Gasteiger partial charge in [-0.1, -0.05) is 16.8 Å². The number of rotatable bonds is 2. The van der Waals surface area contributed by atoms with Gasteiger partial charge in [0.2, 0.25) is 0 Å². The number of anilines is 1. The summed E-state index contributed by atoms with van der Waals surface area (Å²) in [6.07, 6.45) is -2.50. The van der Waals surface area contributed by atoms with Crippen molar-refractivity contribution < 1.29 is 22.5 Å². The summed E-state index contributed by atoms with van der Waals surface area (Å²) >= 11 is 5.52. The van der Waals surface area contributed by atoms with E-state index in [1.54, 1.807) is 0 Å². The summed E-state index contributed by atoms with van der Waals surface area (Å²) in [5.74, 6) is -0.755. The number of nitrogens with zero attached hydrogens (tertiary/aromatic N) is 1. The SMILES string of the molecule is O=C(Nc1ccc(Cl)cc1C(F)(F)F)c1cnoc1. The van der Waals surface area contributed by atoms with Gasteiger partial charge in [0.15, 0.2) is 0 Å². The van der Waals surface area contributed by atoms with Crippen LogP contribution in [-0.4, -0.2) is 11.1 Å². The first-order valence-corrected chi connectivity index (χ1v) is 5.33. The van der Waals surface area contributed by atoms with Crippen molar-refractivity contribution in [1.82, 2.24) is 5.16 Å². The monoisotopic (exact) mass is 290 g/mol. The Hall–Kier alpha value is -2.02. The molecule has 0 saturated heterocycles. The molecule has 0 radical (unpaired) electrons. The van der Waals surface area contributed by atoms with Gasteiger partial charge in [-0.25, -0.2) is 0 Å². The first-order valence-electron chi connectivity index (χ1n) is 4.95.